The van der Waals surface area contributed by atoms with Gasteiger partial charge in [-0.05, 0) is 52.6 Å². The van der Waals surface area contributed by atoms with Gasteiger partial charge in [-0.25, -0.2) is 0 Å². The summed E-state index contributed by atoms with van der Waals surface area (Å²) >= 11 is 0. The van der Waals surface area contributed by atoms with E-state index >= 15 is 0 Å². The molecule has 3 aromatic carbocycles. The van der Waals surface area contributed by atoms with Crippen molar-refractivity contribution in [3.8, 4) is 5.75 Å². The summed E-state index contributed by atoms with van der Waals surface area (Å²) in [6, 6.07) is 22.5. The van der Waals surface area contributed by atoms with Gasteiger partial charge in [-0.15, -0.1) is 0 Å². The van der Waals surface area contributed by atoms with Crippen molar-refractivity contribution in [2.75, 3.05) is 7.11 Å². The number of nitrogens with zero attached hydrogens (tertiary/aromatic N) is 1. The fraction of sp³-hybridized carbons (Fsp3) is 0.0435. The quantitative estimate of drug-likeness (QED) is 0.311. The number of hydrogen-bond donors (Lipinski definition) is 0. The van der Waals surface area contributed by atoms with Crippen molar-refractivity contribution in [2.24, 2.45) is 0 Å². The second-order valence-corrected chi connectivity index (χ2v) is 5.96. The molecule has 0 amide bonds. The minimum absolute atomic E-state index is 0.0952. The van der Waals surface area contributed by atoms with Gasteiger partial charge >= 0.3 is 0 Å². The van der Waals surface area contributed by atoms with Crippen molar-refractivity contribution in [1.29, 1.82) is 0 Å². The largest absolute Gasteiger partial charge is 0.497 e. The third-order valence-corrected chi connectivity index (χ3v) is 4.07. The zero-order chi connectivity index (χ0) is 19.1. The molecule has 0 saturated heterocycles. The van der Waals surface area contributed by atoms with E-state index < -0.39 is 4.92 Å². The van der Waals surface area contributed by atoms with Gasteiger partial charge in [0.2, 0.25) is 0 Å². The van der Waals surface area contributed by atoms with Gasteiger partial charge in [0.25, 0.3) is 5.69 Å². The van der Waals surface area contributed by atoms with Crippen LogP contribution in [0, 0.1) is 10.1 Å². The van der Waals surface area contributed by atoms with E-state index in [9.17, 15) is 10.1 Å². The minimum atomic E-state index is -0.397. The molecule has 0 heterocycles. The van der Waals surface area contributed by atoms with Gasteiger partial charge in [-0.3, -0.25) is 10.1 Å². The lowest BCUT2D eigenvalue weighted by molar-refractivity contribution is -0.384. The number of hydrogen-bond acceptors (Lipinski definition) is 3. The standard InChI is InChI=1S/C23H19NO3/c1-27-23-15-11-19(12-16-23)6-8-21-4-2-3-20(17-21)7-5-18-9-13-22(14-10-18)24(25)26/h2-17H,1H3/b7-5+,8-6+. The maximum Gasteiger partial charge on any atom is 0.269 e. The van der Waals surface area contributed by atoms with Crippen molar-refractivity contribution in [3.05, 3.63) is 105 Å². The minimum Gasteiger partial charge on any atom is -0.497 e. The first-order valence-electron chi connectivity index (χ1n) is 8.49. The average molecular weight is 357 g/mol. The maximum absolute atomic E-state index is 10.7. The first-order chi connectivity index (χ1) is 13.1. The van der Waals surface area contributed by atoms with Crippen LogP contribution >= 0.6 is 0 Å². The van der Waals surface area contributed by atoms with Crippen LogP contribution in [0.25, 0.3) is 24.3 Å². The van der Waals surface area contributed by atoms with E-state index in [4.69, 9.17) is 4.74 Å². The summed E-state index contributed by atoms with van der Waals surface area (Å²) in [5.74, 6) is 0.838. The number of nitro benzene ring substituents is 1. The first kappa shape index (κ1) is 18.1. The number of benzene rings is 3. The molecule has 3 aromatic rings. The zero-order valence-corrected chi connectivity index (χ0v) is 14.9. The van der Waals surface area contributed by atoms with Crippen LogP contribution in [-0.2, 0) is 0 Å². The summed E-state index contributed by atoms with van der Waals surface area (Å²) in [5.41, 5.74) is 4.27. The van der Waals surface area contributed by atoms with Crippen LogP contribution in [0.5, 0.6) is 5.75 Å². The highest BCUT2D eigenvalue weighted by atomic mass is 16.6. The number of methoxy groups -OCH3 is 1. The fourth-order valence-electron chi connectivity index (χ4n) is 2.57. The Hall–Kier alpha value is -3.66. The molecular formula is C23H19NO3. The van der Waals surface area contributed by atoms with Crippen LogP contribution < -0.4 is 4.74 Å². The van der Waals surface area contributed by atoms with E-state index in [1.165, 1.54) is 12.1 Å². The van der Waals surface area contributed by atoms with Crippen molar-refractivity contribution in [1.82, 2.24) is 0 Å². The van der Waals surface area contributed by atoms with Gasteiger partial charge in [-0.1, -0.05) is 54.6 Å². The van der Waals surface area contributed by atoms with Gasteiger partial charge in [0.05, 0.1) is 12.0 Å². The maximum atomic E-state index is 10.7. The van der Waals surface area contributed by atoms with Crippen LogP contribution in [0.3, 0.4) is 0 Å². The molecule has 0 fully saturated rings. The monoisotopic (exact) mass is 357 g/mol. The molecule has 0 spiro atoms. The third-order valence-electron chi connectivity index (χ3n) is 4.07. The Morgan fingerprint density at radius 3 is 1.70 bits per heavy atom. The average Bonchev–Trinajstić information content (AvgIpc) is 2.72. The Labute approximate surface area is 158 Å². The summed E-state index contributed by atoms with van der Waals surface area (Å²) in [6.07, 6.45) is 8.05. The molecule has 0 bridgehead atoms. The summed E-state index contributed by atoms with van der Waals surface area (Å²) in [7, 11) is 1.65. The van der Waals surface area contributed by atoms with Gasteiger partial charge in [0.1, 0.15) is 5.75 Å². The SMILES string of the molecule is COc1ccc(/C=C/c2cccc(/C=C/c3ccc([N+](=O)[O-])cc3)c2)cc1. The topological polar surface area (TPSA) is 52.4 Å². The number of non-ortho nitro benzene ring substituents is 1. The zero-order valence-electron chi connectivity index (χ0n) is 14.9. The van der Waals surface area contributed by atoms with Gasteiger partial charge in [-0.2, -0.15) is 0 Å². The van der Waals surface area contributed by atoms with Crippen molar-refractivity contribution >= 4 is 30.0 Å². The van der Waals surface area contributed by atoms with Crippen LogP contribution in [0.2, 0.25) is 0 Å². The van der Waals surface area contributed by atoms with Gasteiger partial charge < -0.3 is 4.74 Å². The summed E-state index contributed by atoms with van der Waals surface area (Å²) in [4.78, 5) is 10.3. The van der Waals surface area contributed by atoms with Crippen LogP contribution in [-0.4, -0.2) is 12.0 Å². The molecule has 0 unspecified atom stereocenters. The van der Waals surface area contributed by atoms with Crippen LogP contribution in [0.15, 0.2) is 72.8 Å². The molecule has 4 nitrogen and oxygen atoms in total. The van der Waals surface area contributed by atoms with Gasteiger partial charge in [0.15, 0.2) is 0 Å². The summed E-state index contributed by atoms with van der Waals surface area (Å²) in [5, 5.41) is 10.7. The van der Waals surface area contributed by atoms with E-state index in [1.807, 2.05) is 54.6 Å². The Balaban J connectivity index is 1.70. The normalized spacial score (nSPS) is 11.1. The molecule has 134 valence electrons. The second kappa shape index (κ2) is 8.63. The van der Waals surface area contributed by atoms with Crippen molar-refractivity contribution < 1.29 is 9.66 Å². The molecule has 0 saturated carbocycles. The molecule has 0 atom stereocenters. The van der Waals surface area contributed by atoms with Crippen molar-refractivity contribution in [3.63, 3.8) is 0 Å². The van der Waals surface area contributed by atoms with E-state index in [2.05, 4.69) is 18.2 Å². The molecular weight excluding hydrogens is 338 g/mol. The predicted molar refractivity (Wildman–Crippen MR) is 110 cm³/mol. The molecule has 27 heavy (non-hydrogen) atoms. The highest BCUT2D eigenvalue weighted by molar-refractivity contribution is 5.74. The number of rotatable bonds is 6. The van der Waals surface area contributed by atoms with Crippen LogP contribution in [0.4, 0.5) is 5.69 Å². The molecule has 0 aromatic heterocycles. The van der Waals surface area contributed by atoms with E-state index in [0.29, 0.717) is 0 Å². The molecule has 0 radical (unpaired) electrons. The molecule has 4 heteroatoms. The first-order valence-corrected chi connectivity index (χ1v) is 8.49. The van der Waals surface area contributed by atoms with E-state index in [1.54, 1.807) is 19.2 Å². The lowest BCUT2D eigenvalue weighted by atomic mass is 10.1. The molecule has 0 aliphatic heterocycles. The lowest BCUT2D eigenvalue weighted by Crippen LogP contribution is -1.86. The lowest BCUT2D eigenvalue weighted by Gasteiger charge is -2.00. The Bertz CT molecular complexity index is 971. The third kappa shape index (κ3) is 5.16. The van der Waals surface area contributed by atoms with Crippen molar-refractivity contribution in [2.45, 2.75) is 0 Å². The molecule has 3 rings (SSSR count). The number of ether oxygens (including phenoxy) is 1. The Kier molecular flexibility index (Phi) is 5.80. The summed E-state index contributed by atoms with van der Waals surface area (Å²) < 4.78 is 5.16. The Morgan fingerprint density at radius 1 is 0.741 bits per heavy atom. The van der Waals surface area contributed by atoms with E-state index in [-0.39, 0.29) is 5.69 Å². The van der Waals surface area contributed by atoms with Crippen LogP contribution in [0.1, 0.15) is 22.3 Å². The second-order valence-electron chi connectivity index (χ2n) is 5.96. The fourth-order valence-corrected chi connectivity index (χ4v) is 2.57. The van der Waals surface area contributed by atoms with Gasteiger partial charge in [0, 0.05) is 12.1 Å². The smallest absolute Gasteiger partial charge is 0.269 e. The predicted octanol–water partition coefficient (Wildman–Crippen LogP) is 5.94. The van der Waals surface area contributed by atoms with E-state index in [0.717, 1.165) is 28.0 Å². The molecule has 0 aliphatic rings. The molecule has 0 aliphatic carbocycles. The summed E-state index contributed by atoms with van der Waals surface area (Å²) in [6.45, 7) is 0. The highest BCUT2D eigenvalue weighted by Crippen LogP contribution is 2.17. The molecule has 0 N–H and O–H groups in total. The number of nitro groups is 1. The Morgan fingerprint density at radius 2 is 1.22 bits per heavy atom. The highest BCUT2D eigenvalue weighted by Gasteiger charge is 2.02.